The van der Waals surface area contributed by atoms with Crippen molar-refractivity contribution in [3.63, 3.8) is 0 Å². The number of hydrogen-bond acceptors (Lipinski definition) is 9. The fourth-order valence-corrected chi connectivity index (χ4v) is 8.76. The lowest BCUT2D eigenvalue weighted by Crippen LogP contribution is -2.41. The minimum atomic E-state index is -4.05. The number of carbonyl (C=O) groups excluding carboxylic acids is 1. The highest BCUT2D eigenvalue weighted by molar-refractivity contribution is 7.93. The van der Waals surface area contributed by atoms with E-state index in [2.05, 4.69) is 37.3 Å². The van der Waals surface area contributed by atoms with E-state index in [9.17, 15) is 48.0 Å². The van der Waals surface area contributed by atoms with Gasteiger partial charge in [-0.25, -0.2) is 48.2 Å². The zero-order valence-corrected chi connectivity index (χ0v) is 36.7. The molecule has 2 aromatic carbocycles. The number of pyridine rings is 1. The first-order valence-electron chi connectivity index (χ1n) is 19.4. The summed E-state index contributed by atoms with van der Waals surface area (Å²) in [6.45, 7) is 0.449. The number of carbonyl (C=O) groups is 1. The molecule has 65 heavy (non-hydrogen) atoms. The number of benzene rings is 2. The molecule has 4 aromatic rings. The van der Waals surface area contributed by atoms with Crippen molar-refractivity contribution in [2.75, 3.05) is 17.5 Å². The van der Waals surface area contributed by atoms with Gasteiger partial charge in [-0.3, -0.25) is 19.6 Å². The summed E-state index contributed by atoms with van der Waals surface area (Å²) < 4.78 is 169. The summed E-state index contributed by atoms with van der Waals surface area (Å²) in [6.07, 6.45) is -1.03. The van der Waals surface area contributed by atoms with Crippen LogP contribution in [0.15, 0.2) is 53.7 Å². The Labute approximate surface area is 373 Å². The number of halogens is 9. The minimum absolute atomic E-state index is 0.0121. The lowest BCUT2D eigenvalue weighted by molar-refractivity contribution is -0.121. The quantitative estimate of drug-likeness (QED) is 0.0519. The van der Waals surface area contributed by atoms with Gasteiger partial charge in [0, 0.05) is 29.0 Å². The number of alkyl halides is 6. The van der Waals surface area contributed by atoms with E-state index in [1.54, 1.807) is 0 Å². The highest BCUT2D eigenvalue weighted by Gasteiger charge is 2.51. The van der Waals surface area contributed by atoms with Crippen LogP contribution in [0, 0.1) is 47.1 Å². The topological polar surface area (TPSA) is 176 Å². The van der Waals surface area contributed by atoms with Crippen LogP contribution in [0.2, 0.25) is 5.02 Å². The molecule has 0 unspecified atom stereocenters. The maximum atomic E-state index is 15.4. The molecular weight excluding hydrogens is 934 g/mol. The van der Waals surface area contributed by atoms with Crippen LogP contribution in [0.1, 0.15) is 56.1 Å². The number of sulfone groups is 1. The van der Waals surface area contributed by atoms with Gasteiger partial charge in [0.25, 0.3) is 12.9 Å². The van der Waals surface area contributed by atoms with Crippen LogP contribution in [-0.4, -0.2) is 84.8 Å². The Morgan fingerprint density at radius 2 is 1.69 bits per heavy atom. The summed E-state index contributed by atoms with van der Waals surface area (Å²) in [6, 6.07) is 6.07. The Bertz CT molecular complexity index is 2940. The van der Waals surface area contributed by atoms with Crippen molar-refractivity contribution in [1.82, 2.24) is 25.4 Å². The molecule has 23 heteroatoms. The summed E-state index contributed by atoms with van der Waals surface area (Å²) in [5.74, 6) is -2.51. The van der Waals surface area contributed by atoms with Crippen LogP contribution < -0.4 is 15.4 Å². The molecule has 2 aliphatic carbocycles. The molecule has 2 heterocycles. The van der Waals surface area contributed by atoms with E-state index in [0.29, 0.717) is 18.9 Å². The molecular formula is C42H38ClF8N7O5S2. The molecule has 0 aliphatic heterocycles. The van der Waals surface area contributed by atoms with E-state index in [1.807, 2.05) is 5.92 Å². The molecule has 0 spiro atoms. The number of nitrogens with one attached hydrogen (secondary N) is 4. The number of nitrogens with zero attached hydrogens (tertiary/aromatic N) is 3. The molecule has 2 atom stereocenters. The van der Waals surface area contributed by atoms with Gasteiger partial charge in [0.15, 0.2) is 15.7 Å². The van der Waals surface area contributed by atoms with E-state index >= 15 is 8.78 Å². The van der Waals surface area contributed by atoms with Crippen molar-refractivity contribution >= 4 is 59.8 Å². The second-order valence-electron chi connectivity index (χ2n) is 15.8. The van der Waals surface area contributed by atoms with E-state index < -0.39 is 127 Å². The van der Waals surface area contributed by atoms with Crippen molar-refractivity contribution in [3.8, 4) is 35.3 Å². The predicted molar refractivity (Wildman–Crippen MR) is 227 cm³/mol. The number of fused-ring (bicyclic) bond motifs is 1. The number of terminal acetylenes is 1. The number of anilines is 1. The molecule has 0 radical (unpaired) electrons. The van der Waals surface area contributed by atoms with Crippen molar-refractivity contribution in [3.05, 3.63) is 87.3 Å². The van der Waals surface area contributed by atoms with Crippen LogP contribution in [-0.2, 0) is 37.6 Å². The van der Waals surface area contributed by atoms with E-state index in [1.165, 1.54) is 38.1 Å². The number of allylic oxidation sites excluding steroid dienone is 2. The third-order valence-corrected chi connectivity index (χ3v) is 14.8. The van der Waals surface area contributed by atoms with Crippen LogP contribution in [0.25, 0.3) is 22.0 Å². The minimum Gasteiger partial charge on any atom is -0.374 e. The SMILES string of the molecule is C#C[C@@H]1CC(C(=N)C(F)F)=C(NCC(=O)N[C@@H](Cc2cc(F)cc(F)c2)c2nc(C#CC(C)(C)S(C)(=O)=O)ccc2-c2ccc(Cl)c3c(NS(=O)(=O)C4CC4)nn(CC(F)F)c23)C1(F)F. The summed E-state index contributed by atoms with van der Waals surface area (Å²) in [7, 11) is -7.86. The van der Waals surface area contributed by atoms with E-state index in [4.69, 9.17) is 23.4 Å². The van der Waals surface area contributed by atoms with Gasteiger partial charge in [-0.15, -0.1) is 6.42 Å². The Balaban J connectivity index is 1.56. The number of amides is 1. The Kier molecular flexibility index (Phi) is 13.7. The van der Waals surface area contributed by atoms with Crippen LogP contribution in [0.3, 0.4) is 0 Å². The molecule has 0 saturated heterocycles. The van der Waals surface area contributed by atoms with E-state index in [0.717, 1.165) is 23.1 Å². The fraction of sp³-hybridized carbons (Fsp3) is 0.381. The van der Waals surface area contributed by atoms with Crippen LogP contribution in [0.4, 0.5) is 40.9 Å². The lowest BCUT2D eigenvalue weighted by atomic mass is 9.93. The number of sulfonamides is 1. The zero-order valence-electron chi connectivity index (χ0n) is 34.3. The van der Waals surface area contributed by atoms with Gasteiger partial charge < -0.3 is 10.6 Å². The largest absolute Gasteiger partial charge is 0.374 e. The van der Waals surface area contributed by atoms with Gasteiger partial charge in [-0.1, -0.05) is 29.5 Å². The van der Waals surface area contributed by atoms with Crippen molar-refractivity contribution < 1.29 is 56.8 Å². The Morgan fingerprint density at radius 3 is 2.28 bits per heavy atom. The summed E-state index contributed by atoms with van der Waals surface area (Å²) in [5.41, 5.74) is -4.17. The molecule has 2 aliphatic rings. The fourth-order valence-electron chi connectivity index (χ4n) is 6.94. The third-order valence-electron chi connectivity index (χ3n) is 10.7. The number of aromatic nitrogens is 3. The first-order chi connectivity index (χ1) is 30.2. The molecule has 12 nitrogen and oxygen atoms in total. The highest BCUT2D eigenvalue weighted by atomic mass is 35.5. The van der Waals surface area contributed by atoms with Crippen LogP contribution in [0.5, 0.6) is 0 Å². The molecule has 6 rings (SSSR count). The first-order valence-corrected chi connectivity index (χ1v) is 23.2. The maximum absolute atomic E-state index is 15.4. The average Bonchev–Trinajstić information content (AvgIpc) is 3.96. The van der Waals surface area contributed by atoms with Gasteiger partial charge >= 0.3 is 5.92 Å². The monoisotopic (exact) mass is 971 g/mol. The molecule has 1 amide bonds. The molecule has 0 bridgehead atoms. The Hall–Kier alpha value is -5.71. The van der Waals surface area contributed by atoms with Crippen LogP contribution >= 0.6 is 11.6 Å². The molecule has 1 fully saturated rings. The summed E-state index contributed by atoms with van der Waals surface area (Å²) >= 11 is 6.61. The normalized spacial score (nSPS) is 16.9. The van der Waals surface area contributed by atoms with Crippen molar-refractivity contribution in [1.29, 1.82) is 5.41 Å². The second kappa shape index (κ2) is 18.3. The highest BCUT2D eigenvalue weighted by Crippen LogP contribution is 2.45. The summed E-state index contributed by atoms with van der Waals surface area (Å²) in [4.78, 5) is 18.5. The first kappa shape index (κ1) is 48.7. The third kappa shape index (κ3) is 10.6. The summed E-state index contributed by atoms with van der Waals surface area (Å²) in [5, 5.41) is 15.5. The maximum Gasteiger partial charge on any atom is 0.301 e. The molecule has 4 N–H and O–H groups in total. The lowest BCUT2D eigenvalue weighted by Gasteiger charge is -2.24. The Morgan fingerprint density at radius 1 is 1.05 bits per heavy atom. The number of hydrogen-bond donors (Lipinski definition) is 4. The van der Waals surface area contributed by atoms with Crippen molar-refractivity contribution in [2.45, 2.75) is 80.9 Å². The predicted octanol–water partition coefficient (Wildman–Crippen LogP) is 7.19. The number of rotatable bonds is 16. The molecule has 1 saturated carbocycles. The second-order valence-corrected chi connectivity index (χ2v) is 20.8. The zero-order chi connectivity index (χ0) is 48.0. The average molecular weight is 972 g/mol. The van der Waals surface area contributed by atoms with Gasteiger partial charge in [-0.2, -0.15) is 13.9 Å². The van der Waals surface area contributed by atoms with E-state index in [-0.39, 0.29) is 44.0 Å². The van der Waals surface area contributed by atoms with Crippen molar-refractivity contribution in [2.24, 2.45) is 5.92 Å². The molecule has 2 aromatic heterocycles. The van der Waals surface area contributed by atoms with Gasteiger partial charge in [0.05, 0.1) is 51.1 Å². The van der Waals surface area contributed by atoms with Gasteiger partial charge in [-0.05, 0) is 81.3 Å². The van der Waals surface area contributed by atoms with Gasteiger partial charge in [0.1, 0.15) is 34.3 Å². The smallest absolute Gasteiger partial charge is 0.301 e. The standard InChI is InChI=1S/C42H38ClF8N7O5S2/c1-5-22-17-29(35(52)39(48)49)38(42(22,50)51)53-19-33(59)55-31(16-21-14-23(44)18-24(45)15-21)36-27(9-6-25(54-36)12-13-41(2,3)64(4,60)61)28-10-11-30(43)34-37(28)58(20-32(46)47)56-40(34)57-65(62,63)26-7-8-26/h1,6,9-11,14-15,18,22,26,31-32,39,52-53H,7-8,16-17,19-20H2,2-4H3,(H,55,59)(H,56,57)/t22-,31+/m1/s1. The van der Waals surface area contributed by atoms with Gasteiger partial charge in [0.2, 0.25) is 15.9 Å². The molecule has 346 valence electrons.